The number of anilines is 2. The van der Waals surface area contributed by atoms with Crippen LogP contribution in [0.25, 0.3) is 0 Å². The fourth-order valence-electron chi connectivity index (χ4n) is 1.13. The highest BCUT2D eigenvalue weighted by Gasteiger charge is 2.03. The second-order valence-electron chi connectivity index (χ2n) is 2.98. The number of halogens is 3. The molecule has 0 unspecified atom stereocenters. The van der Waals surface area contributed by atoms with Crippen LogP contribution in [0, 0.1) is 0 Å². The van der Waals surface area contributed by atoms with E-state index in [0.717, 1.165) is 10.2 Å². The third-order valence-electron chi connectivity index (χ3n) is 1.80. The average molecular weight is 319 g/mol. The maximum Gasteiger partial charge on any atom is 0.150 e. The molecule has 0 aliphatic heterocycles. The highest BCUT2D eigenvalue weighted by Crippen LogP contribution is 2.28. The Labute approximate surface area is 111 Å². The van der Waals surface area contributed by atoms with Gasteiger partial charge in [0.15, 0.2) is 5.82 Å². The highest BCUT2D eigenvalue weighted by atomic mass is 79.9. The number of benzene rings is 1. The SMILES string of the molecule is Clc1ccc(Br)c(Nc2cncc(Cl)n2)c1. The lowest BCUT2D eigenvalue weighted by Crippen LogP contribution is -1.95. The maximum absolute atomic E-state index is 5.89. The van der Waals surface area contributed by atoms with Crippen LogP contribution < -0.4 is 5.32 Å². The molecular formula is C10H6BrCl2N3. The van der Waals surface area contributed by atoms with Gasteiger partial charge in [0.05, 0.1) is 18.1 Å². The van der Waals surface area contributed by atoms with Gasteiger partial charge < -0.3 is 5.32 Å². The molecule has 1 aromatic heterocycles. The topological polar surface area (TPSA) is 37.8 Å². The van der Waals surface area contributed by atoms with Crippen molar-refractivity contribution in [1.29, 1.82) is 0 Å². The second-order valence-corrected chi connectivity index (χ2v) is 4.65. The summed E-state index contributed by atoms with van der Waals surface area (Å²) < 4.78 is 0.888. The Balaban J connectivity index is 2.30. The zero-order valence-electron chi connectivity index (χ0n) is 7.92. The van der Waals surface area contributed by atoms with Gasteiger partial charge in [0, 0.05) is 9.50 Å². The molecule has 1 aromatic carbocycles. The molecule has 0 aliphatic carbocycles. The van der Waals surface area contributed by atoms with Crippen LogP contribution in [0.3, 0.4) is 0 Å². The van der Waals surface area contributed by atoms with Crippen LogP contribution in [0.15, 0.2) is 35.1 Å². The third kappa shape index (κ3) is 2.84. The molecule has 1 heterocycles. The number of aromatic nitrogens is 2. The fraction of sp³-hybridized carbons (Fsp3) is 0. The van der Waals surface area contributed by atoms with E-state index in [1.165, 1.54) is 6.20 Å². The van der Waals surface area contributed by atoms with Gasteiger partial charge in [-0.3, -0.25) is 4.98 Å². The van der Waals surface area contributed by atoms with Gasteiger partial charge in [0.2, 0.25) is 0 Å². The van der Waals surface area contributed by atoms with E-state index in [1.54, 1.807) is 18.3 Å². The van der Waals surface area contributed by atoms with Gasteiger partial charge in [-0.2, -0.15) is 0 Å². The summed E-state index contributed by atoms with van der Waals surface area (Å²) in [6.07, 6.45) is 3.05. The molecule has 6 heteroatoms. The van der Waals surface area contributed by atoms with Crippen molar-refractivity contribution >= 4 is 50.6 Å². The molecule has 82 valence electrons. The summed E-state index contributed by atoms with van der Waals surface area (Å²) in [6.45, 7) is 0. The molecule has 2 rings (SSSR count). The van der Waals surface area contributed by atoms with Gasteiger partial charge >= 0.3 is 0 Å². The monoisotopic (exact) mass is 317 g/mol. The first-order chi connectivity index (χ1) is 7.65. The number of nitrogens with zero attached hydrogens (tertiary/aromatic N) is 2. The first-order valence-electron chi connectivity index (χ1n) is 4.35. The summed E-state index contributed by atoms with van der Waals surface area (Å²) in [7, 11) is 0. The molecule has 2 aromatic rings. The quantitative estimate of drug-likeness (QED) is 0.897. The largest absolute Gasteiger partial charge is 0.338 e. The van der Waals surface area contributed by atoms with Crippen LogP contribution in [0.4, 0.5) is 11.5 Å². The summed E-state index contributed by atoms with van der Waals surface area (Å²) in [6, 6.07) is 5.43. The number of hydrogen-bond donors (Lipinski definition) is 1. The Bertz CT molecular complexity index is 519. The van der Waals surface area contributed by atoms with E-state index in [2.05, 4.69) is 31.2 Å². The molecule has 0 bridgehead atoms. The molecule has 16 heavy (non-hydrogen) atoms. The summed E-state index contributed by atoms with van der Waals surface area (Å²) >= 11 is 15.0. The zero-order valence-corrected chi connectivity index (χ0v) is 11.0. The minimum Gasteiger partial charge on any atom is -0.338 e. The van der Waals surface area contributed by atoms with Crippen LogP contribution >= 0.6 is 39.1 Å². The molecule has 0 radical (unpaired) electrons. The Hall–Kier alpha value is -0.840. The predicted molar refractivity (Wildman–Crippen MR) is 69.5 cm³/mol. The van der Waals surface area contributed by atoms with Crippen molar-refractivity contribution in [2.45, 2.75) is 0 Å². The van der Waals surface area contributed by atoms with Crippen LogP contribution in [-0.4, -0.2) is 9.97 Å². The molecule has 0 saturated carbocycles. The minimum absolute atomic E-state index is 0.336. The van der Waals surface area contributed by atoms with Gasteiger partial charge in [-0.15, -0.1) is 0 Å². The van der Waals surface area contributed by atoms with Crippen molar-refractivity contribution in [3.63, 3.8) is 0 Å². The normalized spacial score (nSPS) is 10.2. The second kappa shape index (κ2) is 4.99. The Morgan fingerprint density at radius 3 is 2.75 bits per heavy atom. The summed E-state index contributed by atoms with van der Waals surface area (Å²) in [4.78, 5) is 7.99. The summed E-state index contributed by atoms with van der Waals surface area (Å²) in [5.74, 6) is 0.565. The standard InChI is InChI=1S/C10H6BrCl2N3/c11-7-2-1-6(12)3-8(7)15-10-5-14-4-9(13)16-10/h1-5H,(H,15,16). The lowest BCUT2D eigenvalue weighted by Gasteiger charge is -2.07. The van der Waals surface area contributed by atoms with Crippen molar-refractivity contribution < 1.29 is 0 Å². The first kappa shape index (κ1) is 11.6. The van der Waals surface area contributed by atoms with Crippen molar-refractivity contribution in [2.24, 2.45) is 0 Å². The number of hydrogen-bond acceptors (Lipinski definition) is 3. The zero-order chi connectivity index (χ0) is 11.5. The molecule has 0 atom stereocenters. The molecule has 0 aliphatic rings. The van der Waals surface area contributed by atoms with Crippen LogP contribution in [0.2, 0.25) is 10.2 Å². The molecule has 0 saturated heterocycles. The van der Waals surface area contributed by atoms with E-state index < -0.39 is 0 Å². The molecule has 0 amide bonds. The third-order valence-corrected chi connectivity index (χ3v) is 2.90. The Morgan fingerprint density at radius 1 is 1.19 bits per heavy atom. The Morgan fingerprint density at radius 2 is 2.00 bits per heavy atom. The maximum atomic E-state index is 5.89. The van der Waals surface area contributed by atoms with Crippen LogP contribution in [-0.2, 0) is 0 Å². The van der Waals surface area contributed by atoms with Gasteiger partial charge in [-0.25, -0.2) is 4.98 Å². The number of nitrogens with one attached hydrogen (secondary N) is 1. The lowest BCUT2D eigenvalue weighted by atomic mass is 10.3. The van der Waals surface area contributed by atoms with Crippen LogP contribution in [0.1, 0.15) is 0 Å². The van der Waals surface area contributed by atoms with Crippen molar-refractivity contribution in [1.82, 2.24) is 9.97 Å². The molecule has 0 spiro atoms. The predicted octanol–water partition coefficient (Wildman–Crippen LogP) is 4.29. The number of rotatable bonds is 2. The Kier molecular flexibility index (Phi) is 3.63. The van der Waals surface area contributed by atoms with Gasteiger partial charge in [-0.05, 0) is 34.1 Å². The lowest BCUT2D eigenvalue weighted by molar-refractivity contribution is 1.20. The smallest absolute Gasteiger partial charge is 0.150 e. The van der Waals surface area contributed by atoms with Crippen molar-refractivity contribution in [2.75, 3.05) is 5.32 Å². The molecule has 0 fully saturated rings. The van der Waals surface area contributed by atoms with E-state index in [9.17, 15) is 0 Å². The van der Waals surface area contributed by atoms with Crippen molar-refractivity contribution in [3.05, 3.63) is 45.2 Å². The van der Waals surface area contributed by atoms with Crippen LogP contribution in [0.5, 0.6) is 0 Å². The molecule has 1 N–H and O–H groups in total. The first-order valence-corrected chi connectivity index (χ1v) is 5.89. The van der Waals surface area contributed by atoms with Gasteiger partial charge in [-0.1, -0.05) is 23.2 Å². The van der Waals surface area contributed by atoms with E-state index in [1.807, 2.05) is 6.07 Å². The summed E-state index contributed by atoms with van der Waals surface area (Å²) in [5.41, 5.74) is 0.809. The average Bonchev–Trinajstić information content (AvgIpc) is 2.24. The summed E-state index contributed by atoms with van der Waals surface area (Å²) in [5, 5.41) is 4.04. The minimum atomic E-state index is 0.336. The van der Waals surface area contributed by atoms with Gasteiger partial charge in [0.1, 0.15) is 5.15 Å². The van der Waals surface area contributed by atoms with E-state index >= 15 is 0 Å². The fourth-order valence-corrected chi connectivity index (χ4v) is 1.80. The van der Waals surface area contributed by atoms with E-state index in [-0.39, 0.29) is 0 Å². The highest BCUT2D eigenvalue weighted by molar-refractivity contribution is 9.10. The van der Waals surface area contributed by atoms with E-state index in [4.69, 9.17) is 23.2 Å². The molecule has 3 nitrogen and oxygen atoms in total. The molecular weight excluding hydrogens is 313 g/mol. The van der Waals surface area contributed by atoms with Crippen molar-refractivity contribution in [3.8, 4) is 0 Å². The van der Waals surface area contributed by atoms with Gasteiger partial charge in [0.25, 0.3) is 0 Å². The van der Waals surface area contributed by atoms with E-state index in [0.29, 0.717) is 16.0 Å².